The second-order valence-corrected chi connectivity index (χ2v) is 3.95. The van der Waals surface area contributed by atoms with Gasteiger partial charge in [0, 0.05) is 10.9 Å². The normalized spacial score (nSPS) is 11.7. The van der Waals surface area contributed by atoms with E-state index >= 15 is 0 Å². The first kappa shape index (κ1) is 9.86. The molecule has 2 rings (SSSR count). The van der Waals surface area contributed by atoms with Crippen LogP contribution in [0.1, 0.15) is 12.6 Å². The van der Waals surface area contributed by atoms with Crippen molar-refractivity contribution in [1.29, 1.82) is 0 Å². The number of benzene rings is 1. The van der Waals surface area contributed by atoms with Gasteiger partial charge in [-0.1, -0.05) is 35.5 Å². The van der Waals surface area contributed by atoms with Crippen molar-refractivity contribution in [2.24, 2.45) is 5.16 Å². The minimum Gasteiger partial charge on any atom is -0.411 e. The van der Waals surface area contributed by atoms with Gasteiger partial charge in [-0.3, -0.25) is 0 Å². The molecule has 0 aliphatic carbocycles. The third-order valence-corrected chi connectivity index (χ3v) is 2.94. The van der Waals surface area contributed by atoms with E-state index in [0.717, 1.165) is 16.3 Å². The number of oxime groups is 1. The first-order valence-electron chi connectivity index (χ1n) is 4.51. The number of hydrogen-bond donors (Lipinski definition) is 1. The Morgan fingerprint density at radius 3 is 2.73 bits per heavy atom. The van der Waals surface area contributed by atoms with Gasteiger partial charge in [0.25, 0.3) is 0 Å². The van der Waals surface area contributed by atoms with E-state index < -0.39 is 0 Å². The van der Waals surface area contributed by atoms with Crippen molar-refractivity contribution in [3.05, 3.63) is 41.4 Å². The highest BCUT2D eigenvalue weighted by Crippen LogP contribution is 2.23. The molecule has 3 nitrogen and oxygen atoms in total. The van der Waals surface area contributed by atoms with Gasteiger partial charge in [-0.2, -0.15) is 0 Å². The first-order valence-corrected chi connectivity index (χ1v) is 5.39. The van der Waals surface area contributed by atoms with E-state index in [9.17, 15) is 0 Å². The Kier molecular flexibility index (Phi) is 2.78. The molecule has 0 saturated heterocycles. The lowest BCUT2D eigenvalue weighted by Gasteiger charge is -1.93. The zero-order valence-corrected chi connectivity index (χ0v) is 9.03. The number of thiazole rings is 1. The highest BCUT2D eigenvalue weighted by molar-refractivity contribution is 7.13. The molecule has 76 valence electrons. The lowest BCUT2D eigenvalue weighted by atomic mass is 10.2. The van der Waals surface area contributed by atoms with Crippen molar-refractivity contribution >= 4 is 17.0 Å². The van der Waals surface area contributed by atoms with Gasteiger partial charge in [-0.25, -0.2) is 4.98 Å². The van der Waals surface area contributed by atoms with Gasteiger partial charge in [-0.05, 0) is 6.92 Å². The van der Waals surface area contributed by atoms with Gasteiger partial charge >= 0.3 is 0 Å². The van der Waals surface area contributed by atoms with Crippen LogP contribution in [0.25, 0.3) is 10.6 Å². The molecular weight excluding hydrogens is 208 g/mol. The highest BCUT2D eigenvalue weighted by atomic mass is 32.1. The molecule has 0 saturated carbocycles. The van der Waals surface area contributed by atoms with E-state index in [4.69, 9.17) is 5.21 Å². The van der Waals surface area contributed by atoms with Gasteiger partial charge < -0.3 is 5.21 Å². The second kappa shape index (κ2) is 4.23. The fraction of sp³-hybridized carbons (Fsp3) is 0.0909. The maximum Gasteiger partial charge on any atom is 0.124 e. The number of hydrogen-bond acceptors (Lipinski definition) is 4. The molecule has 0 amide bonds. The summed E-state index contributed by atoms with van der Waals surface area (Å²) in [5.74, 6) is 0. The molecule has 0 unspecified atom stereocenters. The maximum absolute atomic E-state index is 8.62. The lowest BCUT2D eigenvalue weighted by Crippen LogP contribution is -1.93. The molecule has 0 radical (unpaired) electrons. The van der Waals surface area contributed by atoms with Gasteiger partial charge in [0.1, 0.15) is 10.7 Å². The minimum atomic E-state index is 0.536. The number of nitrogens with zero attached hydrogens (tertiary/aromatic N) is 2. The van der Waals surface area contributed by atoms with E-state index in [0.29, 0.717) is 5.71 Å². The quantitative estimate of drug-likeness (QED) is 0.478. The van der Waals surface area contributed by atoms with Crippen molar-refractivity contribution < 1.29 is 5.21 Å². The molecule has 0 atom stereocenters. The maximum atomic E-state index is 8.62. The summed E-state index contributed by atoms with van der Waals surface area (Å²) in [6, 6.07) is 9.94. The predicted molar refractivity (Wildman–Crippen MR) is 61.5 cm³/mol. The molecule has 0 spiro atoms. The second-order valence-electron chi connectivity index (χ2n) is 3.09. The topological polar surface area (TPSA) is 45.5 Å². The Bertz CT molecular complexity index is 476. The van der Waals surface area contributed by atoms with Crippen LogP contribution in [-0.4, -0.2) is 15.9 Å². The lowest BCUT2D eigenvalue weighted by molar-refractivity contribution is 0.319. The van der Waals surface area contributed by atoms with Gasteiger partial charge in [0.05, 0.1) is 5.69 Å². The molecule has 4 heteroatoms. The van der Waals surface area contributed by atoms with Crippen molar-refractivity contribution in [1.82, 2.24) is 4.98 Å². The predicted octanol–water partition coefficient (Wildman–Crippen LogP) is 3.01. The summed E-state index contributed by atoms with van der Waals surface area (Å²) in [6.07, 6.45) is 0. The van der Waals surface area contributed by atoms with Crippen LogP contribution in [0.15, 0.2) is 40.9 Å². The Morgan fingerprint density at radius 2 is 2.07 bits per heavy atom. The largest absolute Gasteiger partial charge is 0.411 e. The van der Waals surface area contributed by atoms with E-state index in [1.807, 2.05) is 35.7 Å². The van der Waals surface area contributed by atoms with Crippen LogP contribution in [0, 0.1) is 0 Å². The molecule has 1 heterocycles. The molecule has 15 heavy (non-hydrogen) atoms. The van der Waals surface area contributed by atoms with Crippen LogP contribution >= 0.6 is 11.3 Å². The van der Waals surface area contributed by atoms with Gasteiger partial charge in [0.2, 0.25) is 0 Å². The summed E-state index contributed by atoms with van der Waals surface area (Å²) in [5.41, 5.74) is 2.34. The summed E-state index contributed by atoms with van der Waals surface area (Å²) in [7, 11) is 0. The van der Waals surface area contributed by atoms with Crippen molar-refractivity contribution in [2.45, 2.75) is 6.92 Å². The van der Waals surface area contributed by atoms with Crippen LogP contribution in [0.5, 0.6) is 0 Å². The minimum absolute atomic E-state index is 0.536. The van der Waals surface area contributed by atoms with Crippen LogP contribution < -0.4 is 0 Å². The number of rotatable bonds is 2. The first-order chi connectivity index (χ1) is 7.31. The van der Waals surface area contributed by atoms with Gasteiger partial charge in [0.15, 0.2) is 0 Å². The molecule has 0 bridgehead atoms. The Labute approximate surface area is 91.7 Å². The fourth-order valence-corrected chi connectivity index (χ4v) is 2.07. The smallest absolute Gasteiger partial charge is 0.124 e. The van der Waals surface area contributed by atoms with E-state index in [2.05, 4.69) is 10.1 Å². The van der Waals surface area contributed by atoms with Crippen molar-refractivity contribution in [3.8, 4) is 10.6 Å². The molecule has 1 N–H and O–H groups in total. The zero-order chi connectivity index (χ0) is 10.7. The van der Waals surface area contributed by atoms with E-state index in [-0.39, 0.29) is 0 Å². The Morgan fingerprint density at radius 1 is 1.33 bits per heavy atom. The van der Waals surface area contributed by atoms with Crippen LogP contribution in [0.2, 0.25) is 0 Å². The van der Waals surface area contributed by atoms with Crippen molar-refractivity contribution in [2.75, 3.05) is 0 Å². The summed E-state index contributed by atoms with van der Waals surface area (Å²) in [4.78, 5) is 4.38. The fourth-order valence-electron chi connectivity index (χ4n) is 1.20. The number of aromatic nitrogens is 1. The summed E-state index contributed by atoms with van der Waals surface area (Å²) in [6.45, 7) is 1.73. The third kappa shape index (κ3) is 2.05. The third-order valence-electron chi connectivity index (χ3n) is 2.05. The Hall–Kier alpha value is -1.68. The SMILES string of the molecule is C/C(=N/O)c1csc(-c2ccccc2)n1. The summed E-state index contributed by atoms with van der Waals surface area (Å²) >= 11 is 1.54. The molecule has 0 fully saturated rings. The van der Waals surface area contributed by atoms with Crippen molar-refractivity contribution in [3.63, 3.8) is 0 Å². The highest BCUT2D eigenvalue weighted by Gasteiger charge is 2.06. The zero-order valence-electron chi connectivity index (χ0n) is 8.21. The summed E-state index contributed by atoms with van der Waals surface area (Å²) < 4.78 is 0. The van der Waals surface area contributed by atoms with Crippen LogP contribution in [-0.2, 0) is 0 Å². The van der Waals surface area contributed by atoms with Crippen LogP contribution in [0.4, 0.5) is 0 Å². The molecule has 0 aliphatic heterocycles. The Balaban J connectivity index is 2.36. The molecule has 1 aromatic heterocycles. The average Bonchev–Trinajstić information content (AvgIpc) is 2.78. The molecule has 2 aromatic rings. The standard InChI is InChI=1S/C11H10N2OS/c1-8(13-14)10-7-15-11(12-10)9-5-3-2-4-6-9/h2-7,14H,1H3/b13-8-. The molecular formula is C11H10N2OS. The monoisotopic (exact) mass is 218 g/mol. The van der Waals surface area contributed by atoms with Crippen LogP contribution in [0.3, 0.4) is 0 Å². The van der Waals surface area contributed by atoms with E-state index in [1.54, 1.807) is 18.3 Å². The molecule has 0 aliphatic rings. The molecule has 1 aromatic carbocycles. The van der Waals surface area contributed by atoms with Gasteiger partial charge in [-0.15, -0.1) is 11.3 Å². The summed E-state index contributed by atoms with van der Waals surface area (Å²) in [5, 5.41) is 14.6. The van der Waals surface area contributed by atoms with E-state index in [1.165, 1.54) is 0 Å². The average molecular weight is 218 g/mol.